The summed E-state index contributed by atoms with van der Waals surface area (Å²) < 4.78 is 6.40. The molecule has 4 atom stereocenters. The summed E-state index contributed by atoms with van der Waals surface area (Å²) in [6.45, 7) is 6.32. The first kappa shape index (κ1) is 22.7. The minimum absolute atomic E-state index is 0.247. The predicted octanol–water partition coefficient (Wildman–Crippen LogP) is 8.56. The highest BCUT2D eigenvalue weighted by atomic mass is 35.5. The molecule has 4 bridgehead atoms. The van der Waals surface area contributed by atoms with Crippen LogP contribution in [0.25, 0.3) is 10.8 Å². The largest absolute Gasteiger partial charge is 0.488 e. The molecule has 178 valence electrons. The van der Waals surface area contributed by atoms with Crippen molar-refractivity contribution in [3.63, 3.8) is 0 Å². The third kappa shape index (κ3) is 4.12. The highest BCUT2D eigenvalue weighted by molar-refractivity contribution is 6.35. The molecule has 4 heteroatoms. The van der Waals surface area contributed by atoms with Crippen LogP contribution in [0.5, 0.6) is 5.75 Å². The van der Waals surface area contributed by atoms with Gasteiger partial charge < -0.3 is 10.1 Å². The number of benzene rings is 3. The Morgan fingerprint density at radius 3 is 2.41 bits per heavy atom. The van der Waals surface area contributed by atoms with Crippen LogP contribution in [0.2, 0.25) is 10.0 Å². The summed E-state index contributed by atoms with van der Waals surface area (Å²) in [5.74, 6) is 1.80. The first-order chi connectivity index (χ1) is 16.2. The fourth-order valence-electron chi connectivity index (χ4n) is 8.35. The molecule has 4 fully saturated rings. The summed E-state index contributed by atoms with van der Waals surface area (Å²) in [6.07, 6.45) is 8.14. The van der Waals surface area contributed by atoms with Gasteiger partial charge in [-0.05, 0) is 84.2 Å². The van der Waals surface area contributed by atoms with Crippen LogP contribution in [0, 0.1) is 16.7 Å². The Kier molecular flexibility index (Phi) is 5.44. The number of nitrogens with one attached hydrogen (secondary N) is 1. The minimum atomic E-state index is 0.247. The maximum absolute atomic E-state index is 6.42. The van der Waals surface area contributed by atoms with Crippen molar-refractivity contribution < 1.29 is 4.74 Å². The molecular weight excluding hydrogens is 461 g/mol. The van der Waals surface area contributed by atoms with Gasteiger partial charge in [-0.1, -0.05) is 73.4 Å². The number of hydrogen-bond donors (Lipinski definition) is 1. The molecule has 4 aliphatic carbocycles. The molecule has 0 saturated heterocycles. The molecule has 2 unspecified atom stereocenters. The summed E-state index contributed by atoms with van der Waals surface area (Å²) in [5, 5.41) is 7.91. The van der Waals surface area contributed by atoms with Crippen LogP contribution in [0.1, 0.15) is 63.5 Å². The van der Waals surface area contributed by atoms with Gasteiger partial charge in [0, 0.05) is 33.3 Å². The van der Waals surface area contributed by atoms with Gasteiger partial charge in [-0.15, -0.1) is 0 Å². The zero-order valence-electron chi connectivity index (χ0n) is 20.1. The first-order valence-corrected chi connectivity index (χ1v) is 13.3. The standard InChI is InChI=1S/C30H33Cl2NO/c1-28-12-20-13-29(2,17-28)19-30(14-20,18-28)33-15-25-24-6-4-3-5-21(24)8-10-27(25)34-16-22-7-9-23(31)11-26(22)32/h3-11,20,33H,12-19H2,1-2H3/t20?,28-,29+,30?. The van der Waals surface area contributed by atoms with Gasteiger partial charge in [0.05, 0.1) is 0 Å². The number of halogens is 2. The van der Waals surface area contributed by atoms with Gasteiger partial charge in [0.2, 0.25) is 0 Å². The Hall–Kier alpha value is -1.74. The van der Waals surface area contributed by atoms with E-state index in [1.165, 1.54) is 54.9 Å². The van der Waals surface area contributed by atoms with E-state index in [0.717, 1.165) is 23.8 Å². The molecule has 2 nitrogen and oxygen atoms in total. The van der Waals surface area contributed by atoms with E-state index < -0.39 is 0 Å². The van der Waals surface area contributed by atoms with E-state index in [1.807, 2.05) is 12.1 Å². The third-order valence-corrected chi connectivity index (χ3v) is 9.25. The number of fused-ring (bicyclic) bond motifs is 1. The predicted molar refractivity (Wildman–Crippen MR) is 142 cm³/mol. The van der Waals surface area contributed by atoms with Crippen molar-refractivity contribution >= 4 is 34.0 Å². The highest BCUT2D eigenvalue weighted by Gasteiger charge is 2.59. The number of ether oxygens (including phenoxy) is 1. The molecule has 4 saturated carbocycles. The van der Waals surface area contributed by atoms with Gasteiger partial charge in [-0.3, -0.25) is 0 Å². The lowest BCUT2D eigenvalue weighted by molar-refractivity contribution is -0.118. The van der Waals surface area contributed by atoms with Crippen molar-refractivity contribution in [1.29, 1.82) is 0 Å². The van der Waals surface area contributed by atoms with Crippen LogP contribution in [-0.2, 0) is 13.2 Å². The molecule has 34 heavy (non-hydrogen) atoms. The van der Waals surface area contributed by atoms with E-state index in [2.05, 4.69) is 55.6 Å². The Morgan fingerprint density at radius 1 is 0.912 bits per heavy atom. The highest BCUT2D eigenvalue weighted by Crippen LogP contribution is 2.66. The summed E-state index contributed by atoms with van der Waals surface area (Å²) in [5.41, 5.74) is 3.42. The molecule has 7 rings (SSSR count). The number of hydrogen-bond acceptors (Lipinski definition) is 2. The van der Waals surface area contributed by atoms with Crippen LogP contribution in [0.15, 0.2) is 54.6 Å². The van der Waals surface area contributed by atoms with E-state index in [1.54, 1.807) is 6.07 Å². The average Bonchev–Trinajstić information content (AvgIpc) is 2.75. The summed E-state index contributed by atoms with van der Waals surface area (Å²) in [7, 11) is 0. The van der Waals surface area contributed by atoms with Crippen LogP contribution in [-0.4, -0.2) is 5.54 Å². The van der Waals surface area contributed by atoms with Crippen molar-refractivity contribution in [3.05, 3.63) is 75.8 Å². The lowest BCUT2D eigenvalue weighted by Gasteiger charge is -2.65. The van der Waals surface area contributed by atoms with Crippen molar-refractivity contribution in [3.8, 4) is 5.75 Å². The Labute approximate surface area is 213 Å². The Bertz CT molecular complexity index is 1240. The molecule has 0 heterocycles. The molecule has 3 aromatic rings. The van der Waals surface area contributed by atoms with Gasteiger partial charge >= 0.3 is 0 Å². The van der Waals surface area contributed by atoms with Crippen LogP contribution < -0.4 is 10.1 Å². The zero-order valence-corrected chi connectivity index (χ0v) is 21.6. The summed E-state index contributed by atoms with van der Waals surface area (Å²) in [4.78, 5) is 0. The summed E-state index contributed by atoms with van der Waals surface area (Å²) in [6, 6.07) is 18.5. The van der Waals surface area contributed by atoms with Crippen LogP contribution in [0.4, 0.5) is 0 Å². The SMILES string of the molecule is C[C@]12CC3CC(NCc4c(OCc5ccc(Cl)cc5Cl)ccc5ccccc45)(C1)C[C@@](C)(C3)C2. The van der Waals surface area contributed by atoms with Crippen LogP contribution in [0.3, 0.4) is 0 Å². The second-order valence-corrected chi connectivity index (χ2v) is 12.9. The maximum atomic E-state index is 6.42. The molecule has 0 aromatic heterocycles. The third-order valence-electron chi connectivity index (χ3n) is 8.66. The number of rotatable bonds is 6. The second-order valence-electron chi connectivity index (χ2n) is 12.1. The molecule has 1 N–H and O–H groups in total. The Morgan fingerprint density at radius 2 is 1.68 bits per heavy atom. The molecular formula is C30H33Cl2NO. The quantitative estimate of drug-likeness (QED) is 0.371. The second kappa shape index (κ2) is 8.15. The lowest BCUT2D eigenvalue weighted by Crippen LogP contribution is -2.63. The van der Waals surface area contributed by atoms with Gasteiger partial charge in [0.15, 0.2) is 0 Å². The topological polar surface area (TPSA) is 21.3 Å². The zero-order chi connectivity index (χ0) is 23.6. The maximum Gasteiger partial charge on any atom is 0.124 e. The molecule has 0 radical (unpaired) electrons. The monoisotopic (exact) mass is 493 g/mol. The fraction of sp³-hybridized carbons (Fsp3) is 0.467. The molecule has 0 aliphatic heterocycles. The fourth-order valence-corrected chi connectivity index (χ4v) is 8.81. The van der Waals surface area contributed by atoms with Crippen molar-refractivity contribution in [2.45, 2.75) is 71.1 Å². The summed E-state index contributed by atoms with van der Waals surface area (Å²) >= 11 is 12.5. The lowest BCUT2D eigenvalue weighted by atomic mass is 9.43. The van der Waals surface area contributed by atoms with E-state index in [0.29, 0.717) is 27.5 Å². The van der Waals surface area contributed by atoms with Gasteiger partial charge in [-0.2, -0.15) is 0 Å². The average molecular weight is 495 g/mol. The smallest absolute Gasteiger partial charge is 0.124 e. The van der Waals surface area contributed by atoms with E-state index in [4.69, 9.17) is 27.9 Å². The minimum Gasteiger partial charge on any atom is -0.488 e. The molecule has 4 aliphatic rings. The van der Waals surface area contributed by atoms with Crippen molar-refractivity contribution in [2.75, 3.05) is 0 Å². The van der Waals surface area contributed by atoms with Gasteiger partial charge in [0.25, 0.3) is 0 Å². The Balaban J connectivity index is 1.29. The van der Waals surface area contributed by atoms with E-state index in [9.17, 15) is 0 Å². The normalized spacial score (nSPS) is 31.8. The van der Waals surface area contributed by atoms with Crippen molar-refractivity contribution in [2.24, 2.45) is 16.7 Å². The van der Waals surface area contributed by atoms with E-state index in [-0.39, 0.29) is 5.54 Å². The van der Waals surface area contributed by atoms with Crippen molar-refractivity contribution in [1.82, 2.24) is 5.32 Å². The first-order valence-electron chi connectivity index (χ1n) is 12.6. The molecule has 0 amide bonds. The van der Waals surface area contributed by atoms with E-state index >= 15 is 0 Å². The van der Waals surface area contributed by atoms with Gasteiger partial charge in [-0.25, -0.2) is 0 Å². The molecule has 0 spiro atoms. The van der Waals surface area contributed by atoms with Gasteiger partial charge in [0.1, 0.15) is 12.4 Å². The molecule has 3 aromatic carbocycles. The van der Waals surface area contributed by atoms with Crippen LogP contribution >= 0.6 is 23.2 Å².